The summed E-state index contributed by atoms with van der Waals surface area (Å²) in [7, 11) is 0. The first-order chi connectivity index (χ1) is 28.2. The molecule has 0 N–H and O–H groups in total. The van der Waals surface area contributed by atoms with Gasteiger partial charge in [0.1, 0.15) is 0 Å². The molecule has 2 aromatic heterocycles. The third-order valence-corrected chi connectivity index (χ3v) is 11.0. The van der Waals surface area contributed by atoms with Crippen molar-refractivity contribution in [1.82, 2.24) is 19.5 Å². The lowest BCUT2D eigenvalue weighted by Gasteiger charge is -2.15. The van der Waals surface area contributed by atoms with Crippen LogP contribution in [0.1, 0.15) is 15.9 Å². The summed E-state index contributed by atoms with van der Waals surface area (Å²) in [5, 5.41) is 2.35. The Morgan fingerprint density at radius 2 is 0.789 bits per heavy atom. The van der Waals surface area contributed by atoms with E-state index in [2.05, 4.69) is 95.6 Å². The van der Waals surface area contributed by atoms with Crippen LogP contribution in [0, 0.1) is 0 Å². The van der Waals surface area contributed by atoms with Crippen molar-refractivity contribution >= 4 is 27.6 Å². The fourth-order valence-electron chi connectivity index (χ4n) is 8.41. The number of nitrogens with zero attached hydrogens (tertiary/aromatic N) is 4. The van der Waals surface area contributed by atoms with E-state index < -0.39 is 0 Å². The summed E-state index contributed by atoms with van der Waals surface area (Å²) >= 11 is 0. The number of ketones is 1. The number of benzene rings is 8. The maximum atomic E-state index is 14.2. The molecule has 10 aromatic rings. The Balaban J connectivity index is 1.07. The molecular formula is C52H32N4O. The van der Waals surface area contributed by atoms with Gasteiger partial charge in [-0.15, -0.1) is 0 Å². The Kier molecular flexibility index (Phi) is 7.57. The van der Waals surface area contributed by atoms with Crippen molar-refractivity contribution in [3.8, 4) is 73.2 Å². The number of aromatic nitrogens is 4. The predicted octanol–water partition coefficient (Wildman–Crippen LogP) is 12.5. The molecule has 0 unspecified atom stereocenters. The summed E-state index contributed by atoms with van der Waals surface area (Å²) in [6.45, 7) is 0. The fourth-order valence-corrected chi connectivity index (χ4v) is 8.41. The lowest BCUT2D eigenvalue weighted by Crippen LogP contribution is -2.00. The van der Waals surface area contributed by atoms with E-state index >= 15 is 0 Å². The molecule has 8 aromatic carbocycles. The van der Waals surface area contributed by atoms with E-state index in [4.69, 9.17) is 15.0 Å². The lowest BCUT2D eigenvalue weighted by molar-refractivity contribution is 0.104. The minimum absolute atomic E-state index is 0.0408. The molecule has 5 nitrogen and oxygen atoms in total. The Bertz CT molecular complexity index is 3130. The number of hydrogen-bond acceptors (Lipinski definition) is 4. The first-order valence-corrected chi connectivity index (χ1v) is 19.1. The van der Waals surface area contributed by atoms with Crippen molar-refractivity contribution in [1.29, 1.82) is 0 Å². The second kappa shape index (κ2) is 13.2. The molecule has 0 spiro atoms. The highest BCUT2D eigenvalue weighted by molar-refractivity contribution is 6.26. The number of rotatable bonds is 6. The van der Waals surface area contributed by atoms with Crippen molar-refractivity contribution < 1.29 is 4.79 Å². The van der Waals surface area contributed by atoms with Crippen LogP contribution in [0.5, 0.6) is 0 Å². The van der Waals surface area contributed by atoms with Crippen molar-refractivity contribution in [2.24, 2.45) is 0 Å². The summed E-state index contributed by atoms with van der Waals surface area (Å²) in [5.74, 6) is 1.84. The molecule has 11 rings (SSSR count). The molecule has 1 aliphatic carbocycles. The normalized spacial score (nSPS) is 11.9. The lowest BCUT2D eigenvalue weighted by atomic mass is 9.88. The predicted molar refractivity (Wildman–Crippen MR) is 230 cm³/mol. The van der Waals surface area contributed by atoms with Gasteiger partial charge in [0.25, 0.3) is 0 Å². The van der Waals surface area contributed by atoms with Crippen LogP contribution < -0.4 is 0 Å². The molecule has 0 atom stereocenters. The zero-order valence-corrected chi connectivity index (χ0v) is 30.7. The summed E-state index contributed by atoms with van der Waals surface area (Å²) in [6, 6.07) is 66.2. The first-order valence-electron chi connectivity index (χ1n) is 19.1. The molecule has 0 bridgehead atoms. The Morgan fingerprint density at radius 1 is 0.333 bits per heavy atom. The van der Waals surface area contributed by atoms with Crippen molar-refractivity contribution in [2.45, 2.75) is 0 Å². The van der Waals surface area contributed by atoms with Crippen LogP contribution in [0.3, 0.4) is 0 Å². The van der Waals surface area contributed by atoms with Crippen molar-refractivity contribution in [3.05, 3.63) is 205 Å². The van der Waals surface area contributed by atoms with E-state index in [1.807, 2.05) is 103 Å². The molecule has 1 aliphatic rings. The molecular weight excluding hydrogens is 697 g/mol. The van der Waals surface area contributed by atoms with E-state index in [0.29, 0.717) is 23.0 Å². The van der Waals surface area contributed by atoms with Crippen LogP contribution in [0.15, 0.2) is 194 Å². The van der Waals surface area contributed by atoms with Gasteiger partial charge >= 0.3 is 0 Å². The van der Waals surface area contributed by atoms with Crippen LogP contribution in [0.2, 0.25) is 0 Å². The quantitative estimate of drug-likeness (QED) is 0.171. The van der Waals surface area contributed by atoms with Gasteiger partial charge in [-0.25, -0.2) is 15.0 Å². The maximum absolute atomic E-state index is 14.2. The molecule has 0 amide bonds. The smallest absolute Gasteiger partial charge is 0.194 e. The van der Waals surface area contributed by atoms with Gasteiger partial charge in [0.2, 0.25) is 0 Å². The molecule has 0 radical (unpaired) electrons. The molecule has 5 heteroatoms. The summed E-state index contributed by atoms with van der Waals surface area (Å²) in [6.07, 6.45) is 0. The Hall–Kier alpha value is -7.76. The topological polar surface area (TPSA) is 60.7 Å². The highest BCUT2D eigenvalue weighted by Crippen LogP contribution is 2.48. The number of carbonyl (C=O) groups is 1. The van der Waals surface area contributed by atoms with Crippen LogP contribution in [0.4, 0.5) is 0 Å². The third kappa shape index (κ3) is 5.40. The molecule has 2 heterocycles. The van der Waals surface area contributed by atoms with Crippen LogP contribution >= 0.6 is 0 Å². The molecule has 0 saturated heterocycles. The fraction of sp³-hybridized carbons (Fsp3) is 0. The minimum Gasteiger partial charge on any atom is -0.309 e. The standard InChI is InChI=1S/C52H32N4O/c57-49-42-26-13-24-39(35-19-12-20-37(31-35)52-54-50(33-15-4-1-5-16-33)53-51(55-52)34-17-6-2-7-18-34)47(42)48-40(25-14-27-43(48)49)36-29-30-46-44(32-36)41-23-10-11-28-45(41)56(46)38-21-8-3-9-22-38/h1-32H. The van der Waals surface area contributed by atoms with Crippen LogP contribution in [-0.4, -0.2) is 25.3 Å². The van der Waals surface area contributed by atoms with Gasteiger partial charge < -0.3 is 4.57 Å². The third-order valence-electron chi connectivity index (χ3n) is 11.0. The van der Waals surface area contributed by atoms with E-state index in [-0.39, 0.29) is 5.78 Å². The Morgan fingerprint density at radius 3 is 1.42 bits per heavy atom. The van der Waals surface area contributed by atoms with Gasteiger partial charge in [0.05, 0.1) is 11.0 Å². The SMILES string of the molecule is O=C1c2cccc(-c3cccc(-c4nc(-c5ccccc5)nc(-c5ccccc5)n4)c3)c2-c2c1cccc2-c1ccc2c(c1)c1ccccc1n2-c1ccccc1. The second-order valence-corrected chi connectivity index (χ2v) is 14.3. The molecule has 0 saturated carbocycles. The van der Waals surface area contributed by atoms with Crippen molar-refractivity contribution in [3.63, 3.8) is 0 Å². The van der Waals surface area contributed by atoms with E-state index in [1.54, 1.807) is 0 Å². The van der Waals surface area contributed by atoms with Gasteiger partial charge in [-0.1, -0.05) is 158 Å². The number of carbonyl (C=O) groups excluding carboxylic acids is 1. The Labute approximate surface area is 329 Å². The van der Waals surface area contributed by atoms with Gasteiger partial charge in [0.15, 0.2) is 23.3 Å². The van der Waals surface area contributed by atoms with Crippen LogP contribution in [0.25, 0.3) is 95.0 Å². The molecule has 266 valence electrons. The largest absolute Gasteiger partial charge is 0.309 e. The summed E-state index contributed by atoms with van der Waals surface area (Å²) in [5.41, 5.74) is 13.5. The van der Waals surface area contributed by atoms with Gasteiger partial charge in [0, 0.05) is 55.4 Å². The zero-order valence-electron chi connectivity index (χ0n) is 30.7. The average Bonchev–Trinajstić information content (AvgIpc) is 3.78. The molecule has 57 heavy (non-hydrogen) atoms. The second-order valence-electron chi connectivity index (χ2n) is 14.3. The van der Waals surface area contributed by atoms with Crippen LogP contribution in [-0.2, 0) is 0 Å². The van der Waals surface area contributed by atoms with Gasteiger partial charge in [-0.2, -0.15) is 0 Å². The first kappa shape index (κ1) is 32.7. The number of hydrogen-bond donors (Lipinski definition) is 0. The number of fused-ring (bicyclic) bond motifs is 6. The van der Waals surface area contributed by atoms with Crippen molar-refractivity contribution in [2.75, 3.05) is 0 Å². The summed E-state index contributed by atoms with van der Waals surface area (Å²) in [4.78, 5) is 29.1. The highest BCUT2D eigenvalue weighted by atomic mass is 16.1. The molecule has 0 aliphatic heterocycles. The maximum Gasteiger partial charge on any atom is 0.194 e. The van der Waals surface area contributed by atoms with E-state index in [1.165, 1.54) is 5.39 Å². The van der Waals surface area contributed by atoms with E-state index in [9.17, 15) is 4.79 Å². The zero-order chi connectivity index (χ0) is 37.9. The highest BCUT2D eigenvalue weighted by Gasteiger charge is 2.32. The van der Waals surface area contributed by atoms with E-state index in [0.717, 1.165) is 77.7 Å². The average molecular weight is 729 g/mol. The van der Waals surface area contributed by atoms with Gasteiger partial charge in [-0.05, 0) is 58.7 Å². The summed E-state index contributed by atoms with van der Waals surface area (Å²) < 4.78 is 2.33. The number of para-hydroxylation sites is 2. The van der Waals surface area contributed by atoms with Gasteiger partial charge in [-0.3, -0.25) is 4.79 Å². The minimum atomic E-state index is 0.0408. The molecule has 0 fully saturated rings. The monoisotopic (exact) mass is 728 g/mol.